The summed E-state index contributed by atoms with van der Waals surface area (Å²) in [6.07, 6.45) is 7.46. The van der Waals surface area contributed by atoms with Gasteiger partial charge in [0.05, 0.1) is 23.5 Å². The molecule has 2 aliphatic rings. The third kappa shape index (κ3) is 5.86. The average Bonchev–Trinajstić information content (AvgIpc) is 3.13. The normalized spacial score (nSPS) is 25.2. The number of ether oxygens (including phenoxy) is 1. The highest BCUT2D eigenvalue weighted by atomic mass is 32.2. The van der Waals surface area contributed by atoms with Crippen molar-refractivity contribution in [3.8, 4) is 0 Å². The highest BCUT2D eigenvalue weighted by Gasteiger charge is 2.44. The Balaban J connectivity index is 1.64. The SMILES string of the molecule is CCc1cc2c(s1)CCO[C@@]21CCN(C/C(N)=C/N(N)C(C)(C)CCS(C)(=O)=O)[C@@H](C)C1. The lowest BCUT2D eigenvalue weighted by Gasteiger charge is -2.47. The number of nitrogens with two attached hydrogens (primary N) is 2. The number of rotatable bonds is 8. The van der Waals surface area contributed by atoms with Crippen LogP contribution in [0.3, 0.4) is 0 Å². The summed E-state index contributed by atoms with van der Waals surface area (Å²) in [6.45, 7) is 10.7. The second kappa shape index (κ2) is 9.62. The summed E-state index contributed by atoms with van der Waals surface area (Å²) in [6, 6.07) is 2.71. The molecule has 1 aromatic rings. The molecular weight excluding hydrogens is 444 g/mol. The first-order chi connectivity index (χ1) is 14.8. The van der Waals surface area contributed by atoms with Crippen molar-refractivity contribution in [1.29, 1.82) is 0 Å². The van der Waals surface area contributed by atoms with Crippen LogP contribution in [-0.2, 0) is 33.0 Å². The van der Waals surface area contributed by atoms with E-state index in [0.29, 0.717) is 24.7 Å². The molecule has 9 heteroatoms. The Kier molecular flexibility index (Phi) is 7.66. The monoisotopic (exact) mass is 484 g/mol. The number of hydrazine groups is 1. The summed E-state index contributed by atoms with van der Waals surface area (Å²) >= 11 is 1.95. The summed E-state index contributed by atoms with van der Waals surface area (Å²) in [5.74, 6) is 6.34. The molecular formula is C23H40N4O3S2. The summed E-state index contributed by atoms with van der Waals surface area (Å²) in [5, 5.41) is 1.55. The van der Waals surface area contributed by atoms with Gasteiger partial charge in [0, 0.05) is 53.5 Å². The van der Waals surface area contributed by atoms with Crippen LogP contribution in [0.5, 0.6) is 0 Å². The molecule has 3 heterocycles. The first-order valence-corrected chi connectivity index (χ1v) is 14.4. The molecule has 1 saturated heterocycles. The Morgan fingerprint density at radius 2 is 2.19 bits per heavy atom. The molecule has 0 saturated carbocycles. The van der Waals surface area contributed by atoms with Gasteiger partial charge in [-0.2, -0.15) is 0 Å². The molecule has 0 aliphatic carbocycles. The van der Waals surface area contributed by atoms with E-state index >= 15 is 0 Å². The van der Waals surface area contributed by atoms with Crippen molar-refractivity contribution in [2.24, 2.45) is 11.6 Å². The molecule has 0 bridgehead atoms. The van der Waals surface area contributed by atoms with Crippen LogP contribution in [0.1, 0.15) is 62.3 Å². The van der Waals surface area contributed by atoms with E-state index in [0.717, 1.165) is 38.8 Å². The van der Waals surface area contributed by atoms with Crippen molar-refractivity contribution in [1.82, 2.24) is 9.91 Å². The zero-order valence-electron chi connectivity index (χ0n) is 20.2. The van der Waals surface area contributed by atoms with E-state index in [2.05, 4.69) is 24.8 Å². The van der Waals surface area contributed by atoms with E-state index in [-0.39, 0.29) is 11.4 Å². The molecule has 0 unspecified atom stereocenters. The maximum absolute atomic E-state index is 11.5. The lowest BCUT2D eigenvalue weighted by atomic mass is 9.79. The number of hydrogen-bond donors (Lipinski definition) is 2. The van der Waals surface area contributed by atoms with E-state index in [9.17, 15) is 8.42 Å². The molecule has 0 aromatic carbocycles. The summed E-state index contributed by atoms with van der Waals surface area (Å²) in [4.78, 5) is 5.34. The van der Waals surface area contributed by atoms with E-state index in [1.807, 2.05) is 25.2 Å². The molecule has 1 fully saturated rings. The van der Waals surface area contributed by atoms with Crippen LogP contribution in [0.15, 0.2) is 18.0 Å². The standard InChI is InChI=1S/C23H40N4O3S2/c1-6-19-13-20-21(31-19)7-11-30-23(20)8-10-26(17(2)14-23)15-18(24)16-27(25)22(3,4)9-12-32(5,28)29/h13,16-17H,6-12,14-15,24-25H2,1-5H3/b18-16-/t17-,23+/m0/s1. The van der Waals surface area contributed by atoms with Crippen LogP contribution in [-0.4, -0.2) is 61.6 Å². The van der Waals surface area contributed by atoms with Crippen LogP contribution in [0.4, 0.5) is 0 Å². The molecule has 7 nitrogen and oxygen atoms in total. The van der Waals surface area contributed by atoms with Gasteiger partial charge in [0.2, 0.25) is 0 Å². The minimum Gasteiger partial charge on any atom is -0.400 e. The third-order valence-electron chi connectivity index (χ3n) is 6.93. The van der Waals surface area contributed by atoms with Crippen molar-refractivity contribution in [2.45, 2.75) is 77.0 Å². The fraction of sp³-hybridized carbons (Fsp3) is 0.739. The Morgan fingerprint density at radius 1 is 1.47 bits per heavy atom. The fourth-order valence-corrected chi connectivity index (χ4v) is 6.75. The Bertz CT molecular complexity index is 941. The predicted octanol–water partition coefficient (Wildman–Crippen LogP) is 2.75. The van der Waals surface area contributed by atoms with Gasteiger partial charge in [-0.05, 0) is 58.1 Å². The Hall–Kier alpha value is -1.13. The van der Waals surface area contributed by atoms with E-state index in [1.54, 1.807) is 11.2 Å². The largest absolute Gasteiger partial charge is 0.400 e. The molecule has 4 N–H and O–H groups in total. The fourth-order valence-electron chi connectivity index (χ4n) is 4.70. The molecule has 3 rings (SSSR count). The molecule has 1 spiro atoms. The topological polar surface area (TPSA) is 102 Å². The number of piperidine rings is 1. The van der Waals surface area contributed by atoms with Crippen molar-refractivity contribution >= 4 is 21.2 Å². The summed E-state index contributed by atoms with van der Waals surface area (Å²) in [5.41, 5.74) is 7.79. The van der Waals surface area contributed by atoms with E-state index in [1.165, 1.54) is 21.6 Å². The van der Waals surface area contributed by atoms with Gasteiger partial charge in [-0.3, -0.25) is 4.90 Å². The van der Waals surface area contributed by atoms with E-state index in [4.69, 9.17) is 16.3 Å². The van der Waals surface area contributed by atoms with Gasteiger partial charge >= 0.3 is 0 Å². The number of thiophene rings is 1. The van der Waals surface area contributed by atoms with Gasteiger partial charge in [0.25, 0.3) is 0 Å². The predicted molar refractivity (Wildman–Crippen MR) is 132 cm³/mol. The Labute approximate surface area is 197 Å². The number of likely N-dealkylation sites (tertiary alicyclic amines) is 1. The lowest BCUT2D eigenvalue weighted by molar-refractivity contribution is -0.109. The van der Waals surface area contributed by atoms with Crippen LogP contribution in [0, 0.1) is 0 Å². The van der Waals surface area contributed by atoms with Gasteiger partial charge in [-0.1, -0.05) is 6.92 Å². The first kappa shape index (κ1) is 25.5. The maximum atomic E-state index is 11.5. The average molecular weight is 485 g/mol. The first-order valence-electron chi connectivity index (χ1n) is 11.5. The number of fused-ring (bicyclic) bond motifs is 2. The summed E-state index contributed by atoms with van der Waals surface area (Å²) < 4.78 is 29.5. The molecule has 2 aliphatic heterocycles. The number of sulfone groups is 1. The van der Waals surface area contributed by atoms with Crippen molar-refractivity contribution < 1.29 is 13.2 Å². The lowest BCUT2D eigenvalue weighted by Crippen LogP contribution is -2.51. The zero-order valence-corrected chi connectivity index (χ0v) is 21.8. The van der Waals surface area contributed by atoms with Gasteiger partial charge in [0.1, 0.15) is 9.84 Å². The van der Waals surface area contributed by atoms with E-state index < -0.39 is 15.4 Å². The summed E-state index contributed by atoms with van der Waals surface area (Å²) in [7, 11) is -3.04. The quantitative estimate of drug-likeness (QED) is 0.432. The van der Waals surface area contributed by atoms with Gasteiger partial charge in [-0.15, -0.1) is 11.3 Å². The number of aryl methyl sites for hydroxylation is 1. The molecule has 2 atom stereocenters. The minimum absolute atomic E-state index is 0.0942. The van der Waals surface area contributed by atoms with Crippen LogP contribution in [0.2, 0.25) is 0 Å². The molecule has 182 valence electrons. The highest BCUT2D eigenvalue weighted by molar-refractivity contribution is 7.90. The van der Waals surface area contributed by atoms with Gasteiger partial charge in [0.15, 0.2) is 0 Å². The van der Waals surface area contributed by atoms with Crippen molar-refractivity contribution in [3.63, 3.8) is 0 Å². The zero-order chi connectivity index (χ0) is 23.7. The minimum atomic E-state index is -3.04. The number of nitrogens with zero attached hydrogens (tertiary/aromatic N) is 2. The smallest absolute Gasteiger partial charge is 0.147 e. The maximum Gasteiger partial charge on any atom is 0.147 e. The second-order valence-corrected chi connectivity index (χ2v) is 13.6. The van der Waals surface area contributed by atoms with Crippen molar-refractivity contribution in [2.75, 3.05) is 31.7 Å². The van der Waals surface area contributed by atoms with Gasteiger partial charge in [-0.25, -0.2) is 14.3 Å². The highest BCUT2D eigenvalue weighted by Crippen LogP contribution is 2.46. The van der Waals surface area contributed by atoms with Crippen LogP contribution in [0.25, 0.3) is 0 Å². The molecule has 32 heavy (non-hydrogen) atoms. The van der Waals surface area contributed by atoms with Gasteiger partial charge < -0.3 is 15.5 Å². The van der Waals surface area contributed by atoms with Crippen LogP contribution >= 0.6 is 11.3 Å². The Morgan fingerprint density at radius 3 is 2.81 bits per heavy atom. The molecule has 1 aromatic heterocycles. The molecule has 0 amide bonds. The number of hydrogen-bond acceptors (Lipinski definition) is 8. The van der Waals surface area contributed by atoms with Crippen LogP contribution < -0.4 is 11.6 Å². The third-order valence-corrected chi connectivity index (χ3v) is 9.22. The van der Waals surface area contributed by atoms with Crippen molar-refractivity contribution in [3.05, 3.63) is 33.3 Å². The molecule has 0 radical (unpaired) electrons. The second-order valence-electron chi connectivity index (χ2n) is 10.1.